The molecule has 12 heavy (non-hydrogen) atoms. The Morgan fingerprint density at radius 2 is 2.25 bits per heavy atom. The average molecular weight is 183 g/mol. The van der Waals surface area contributed by atoms with E-state index < -0.39 is 5.24 Å². The first-order valence-corrected chi connectivity index (χ1v) is 3.73. The first kappa shape index (κ1) is 8.81. The predicted octanol–water partition coefficient (Wildman–Crippen LogP) is 2.17. The Balaban J connectivity index is 2.83. The van der Waals surface area contributed by atoms with Crippen molar-refractivity contribution in [1.29, 1.82) is 0 Å². The van der Waals surface area contributed by atoms with Crippen molar-refractivity contribution in [2.75, 3.05) is 0 Å². The molecule has 2 nitrogen and oxygen atoms in total. The summed E-state index contributed by atoms with van der Waals surface area (Å²) in [6, 6.07) is 6.54. The van der Waals surface area contributed by atoms with Crippen LogP contribution in [0.1, 0.15) is 5.56 Å². The van der Waals surface area contributed by atoms with Gasteiger partial charge >= 0.3 is 0 Å². The molecule has 0 saturated carbocycles. The number of aromatic hydroxyl groups is 1. The molecule has 0 aliphatic heterocycles. The van der Waals surface area contributed by atoms with Crippen LogP contribution in [0, 0.1) is 0 Å². The molecule has 0 unspecified atom stereocenters. The molecule has 0 aromatic heterocycles. The maximum absolute atomic E-state index is 10.3. The molecule has 0 bridgehead atoms. The van der Waals surface area contributed by atoms with E-state index in [0.29, 0.717) is 0 Å². The molecule has 1 aromatic rings. The molecule has 0 saturated heterocycles. The van der Waals surface area contributed by atoms with Crippen LogP contribution in [-0.4, -0.2) is 10.3 Å². The predicted molar refractivity (Wildman–Crippen MR) is 48.0 cm³/mol. The summed E-state index contributed by atoms with van der Waals surface area (Å²) in [5.41, 5.74) is 0.740. The molecule has 0 heterocycles. The van der Waals surface area contributed by atoms with Crippen molar-refractivity contribution in [1.82, 2.24) is 0 Å². The lowest BCUT2D eigenvalue weighted by Gasteiger charge is -1.92. The highest BCUT2D eigenvalue weighted by molar-refractivity contribution is 6.66. The molecule has 0 aliphatic rings. The first-order valence-electron chi connectivity index (χ1n) is 3.35. The van der Waals surface area contributed by atoms with Crippen LogP contribution in [0.5, 0.6) is 5.75 Å². The van der Waals surface area contributed by atoms with Gasteiger partial charge in [-0.05, 0) is 35.4 Å². The molecule has 62 valence electrons. The number of carbonyl (C=O) groups excluding carboxylic acids is 1. The van der Waals surface area contributed by atoms with Crippen molar-refractivity contribution in [3.63, 3.8) is 0 Å². The maximum atomic E-state index is 10.3. The van der Waals surface area contributed by atoms with E-state index >= 15 is 0 Å². The van der Waals surface area contributed by atoms with Gasteiger partial charge in [-0.15, -0.1) is 0 Å². The van der Waals surface area contributed by atoms with Crippen LogP contribution in [0.25, 0.3) is 6.08 Å². The fourth-order valence-electron chi connectivity index (χ4n) is 0.790. The number of hydrogen-bond donors (Lipinski definition) is 1. The van der Waals surface area contributed by atoms with E-state index in [0.717, 1.165) is 5.56 Å². The van der Waals surface area contributed by atoms with E-state index in [-0.39, 0.29) is 5.75 Å². The van der Waals surface area contributed by atoms with Gasteiger partial charge in [0.2, 0.25) is 5.24 Å². The Morgan fingerprint density at radius 1 is 1.50 bits per heavy atom. The van der Waals surface area contributed by atoms with Gasteiger partial charge in [-0.25, -0.2) is 0 Å². The zero-order valence-electron chi connectivity index (χ0n) is 6.20. The molecule has 0 amide bonds. The third-order valence-corrected chi connectivity index (χ3v) is 1.40. The van der Waals surface area contributed by atoms with Gasteiger partial charge in [0.25, 0.3) is 0 Å². The average Bonchev–Trinajstić information content (AvgIpc) is 2.01. The highest BCUT2D eigenvalue weighted by Crippen LogP contribution is 2.11. The minimum absolute atomic E-state index is 0.166. The lowest BCUT2D eigenvalue weighted by Crippen LogP contribution is -1.76. The van der Waals surface area contributed by atoms with Gasteiger partial charge in [-0.2, -0.15) is 0 Å². The second-order valence-electron chi connectivity index (χ2n) is 2.23. The number of halogens is 1. The van der Waals surface area contributed by atoms with Gasteiger partial charge in [0.1, 0.15) is 5.75 Å². The monoisotopic (exact) mass is 182 g/mol. The summed E-state index contributed by atoms with van der Waals surface area (Å²) < 4.78 is 0. The molecule has 0 radical (unpaired) electrons. The van der Waals surface area contributed by atoms with Crippen LogP contribution in [-0.2, 0) is 4.79 Å². The van der Waals surface area contributed by atoms with E-state index in [1.54, 1.807) is 18.2 Å². The summed E-state index contributed by atoms with van der Waals surface area (Å²) in [5.74, 6) is 0.166. The largest absolute Gasteiger partial charge is 0.508 e. The number of allylic oxidation sites excluding steroid dienone is 1. The number of phenolic OH excluding ortho intramolecular Hbond substituents is 1. The zero-order chi connectivity index (χ0) is 8.97. The highest BCUT2D eigenvalue weighted by Gasteiger charge is 1.90. The SMILES string of the molecule is O=C(Cl)/C=C/c1cccc(O)c1. The summed E-state index contributed by atoms with van der Waals surface area (Å²) in [6.07, 6.45) is 2.77. The highest BCUT2D eigenvalue weighted by atomic mass is 35.5. The molecule has 1 N–H and O–H groups in total. The van der Waals surface area contributed by atoms with Gasteiger partial charge in [0.05, 0.1) is 0 Å². The van der Waals surface area contributed by atoms with Gasteiger partial charge in [0.15, 0.2) is 0 Å². The summed E-state index contributed by atoms with van der Waals surface area (Å²) in [5, 5.41) is 8.50. The van der Waals surface area contributed by atoms with Gasteiger partial charge < -0.3 is 5.11 Å². The fourth-order valence-corrected chi connectivity index (χ4v) is 0.853. The summed E-state index contributed by atoms with van der Waals surface area (Å²) in [4.78, 5) is 10.3. The molecule has 1 rings (SSSR count). The lowest BCUT2D eigenvalue weighted by molar-refractivity contribution is -0.107. The quantitative estimate of drug-likeness (QED) is 0.562. The van der Waals surface area contributed by atoms with E-state index in [4.69, 9.17) is 16.7 Å². The standard InChI is InChI=1S/C9H7ClO2/c10-9(12)5-4-7-2-1-3-8(11)6-7/h1-6,11H/b5-4+. The normalized spacial score (nSPS) is 10.4. The van der Waals surface area contributed by atoms with Crippen LogP contribution in [0.2, 0.25) is 0 Å². The fraction of sp³-hybridized carbons (Fsp3) is 0. The third kappa shape index (κ3) is 2.76. The topological polar surface area (TPSA) is 37.3 Å². The van der Waals surface area contributed by atoms with Crippen molar-refractivity contribution < 1.29 is 9.90 Å². The minimum Gasteiger partial charge on any atom is -0.508 e. The Labute approximate surface area is 75.1 Å². The van der Waals surface area contributed by atoms with Crippen molar-refractivity contribution in [3.8, 4) is 5.75 Å². The van der Waals surface area contributed by atoms with E-state index in [2.05, 4.69) is 0 Å². The Morgan fingerprint density at radius 3 is 2.83 bits per heavy atom. The van der Waals surface area contributed by atoms with E-state index in [1.165, 1.54) is 18.2 Å². The number of hydrogen-bond acceptors (Lipinski definition) is 2. The molecule has 0 aliphatic carbocycles. The van der Waals surface area contributed by atoms with Gasteiger partial charge in [-0.1, -0.05) is 18.2 Å². The van der Waals surface area contributed by atoms with Crippen LogP contribution in [0.3, 0.4) is 0 Å². The molecular weight excluding hydrogens is 176 g/mol. The molecule has 3 heteroatoms. The van der Waals surface area contributed by atoms with Crippen molar-refractivity contribution in [2.24, 2.45) is 0 Å². The second kappa shape index (κ2) is 3.93. The minimum atomic E-state index is -0.529. The van der Waals surface area contributed by atoms with Gasteiger partial charge in [-0.3, -0.25) is 4.79 Å². The Bertz CT molecular complexity index is 318. The molecule has 0 atom stereocenters. The van der Waals surface area contributed by atoms with Crippen molar-refractivity contribution in [2.45, 2.75) is 0 Å². The Hall–Kier alpha value is -1.28. The molecule has 0 fully saturated rings. The van der Waals surface area contributed by atoms with Gasteiger partial charge in [0, 0.05) is 0 Å². The molecule has 1 aromatic carbocycles. The Kier molecular flexibility index (Phi) is 2.88. The van der Waals surface area contributed by atoms with Crippen molar-refractivity contribution >= 4 is 22.9 Å². The molecule has 0 spiro atoms. The van der Waals surface area contributed by atoms with Crippen LogP contribution < -0.4 is 0 Å². The van der Waals surface area contributed by atoms with Crippen LogP contribution in [0.4, 0.5) is 0 Å². The number of phenols is 1. The summed E-state index contributed by atoms with van der Waals surface area (Å²) in [7, 11) is 0. The molecular formula is C9H7ClO2. The number of rotatable bonds is 2. The maximum Gasteiger partial charge on any atom is 0.245 e. The third-order valence-electron chi connectivity index (χ3n) is 1.28. The summed E-state index contributed by atoms with van der Waals surface area (Å²) >= 11 is 5.08. The summed E-state index contributed by atoms with van der Waals surface area (Å²) in [6.45, 7) is 0. The van der Waals surface area contributed by atoms with Crippen LogP contribution >= 0.6 is 11.6 Å². The number of benzene rings is 1. The van der Waals surface area contributed by atoms with Crippen molar-refractivity contribution in [3.05, 3.63) is 35.9 Å². The number of carbonyl (C=O) groups is 1. The first-order chi connectivity index (χ1) is 5.68. The van der Waals surface area contributed by atoms with Crippen LogP contribution in [0.15, 0.2) is 30.3 Å². The zero-order valence-corrected chi connectivity index (χ0v) is 6.95. The smallest absolute Gasteiger partial charge is 0.245 e. The van der Waals surface area contributed by atoms with E-state index in [1.807, 2.05) is 0 Å². The second-order valence-corrected chi connectivity index (χ2v) is 2.60. The lowest BCUT2D eigenvalue weighted by atomic mass is 10.2. The van der Waals surface area contributed by atoms with E-state index in [9.17, 15) is 4.79 Å².